The van der Waals surface area contributed by atoms with Crippen molar-refractivity contribution in [3.05, 3.63) is 30.3 Å². The quantitative estimate of drug-likeness (QED) is 0.710. The lowest BCUT2D eigenvalue weighted by molar-refractivity contribution is 0.0600. The van der Waals surface area contributed by atoms with Gasteiger partial charge in [0.25, 0.3) is 8.40 Å². The number of ether oxygens (including phenoxy) is 1. The summed E-state index contributed by atoms with van der Waals surface area (Å²) in [5.41, 5.74) is 0.0775. The summed E-state index contributed by atoms with van der Waals surface area (Å²) in [6.07, 6.45) is 3.32. The summed E-state index contributed by atoms with van der Waals surface area (Å²) in [5, 5.41) is 13.7. The van der Waals surface area contributed by atoms with Crippen LogP contribution in [0, 0.1) is 0 Å². The number of nitrogens with two attached hydrogens (primary N) is 2. The molecule has 1 unspecified atom stereocenters. The molecule has 1 aliphatic rings. The molecule has 1 fully saturated rings. The van der Waals surface area contributed by atoms with Gasteiger partial charge in [-0.2, -0.15) is 0 Å². The molecule has 4 N–H and O–H groups in total. The first kappa shape index (κ1) is 10.8. The highest BCUT2D eigenvalue weighted by molar-refractivity contribution is 6.87. The average molecular weight is 222 g/mol. The van der Waals surface area contributed by atoms with Crippen molar-refractivity contribution in [1.29, 1.82) is 0 Å². The fraction of sp³-hybridized carbons (Fsp3) is 0.455. The van der Waals surface area contributed by atoms with E-state index in [4.69, 9.17) is 15.5 Å². The van der Waals surface area contributed by atoms with Gasteiger partial charge in [0, 0.05) is 6.61 Å². The van der Waals surface area contributed by atoms with E-state index in [-0.39, 0.29) is 5.73 Å². The van der Waals surface area contributed by atoms with E-state index >= 15 is 0 Å². The van der Waals surface area contributed by atoms with Gasteiger partial charge < -0.3 is 15.5 Å². The molecule has 0 radical (unpaired) electrons. The Balaban J connectivity index is 2.18. The standard InChI is InChI=1S/C11H18N2OSi/c12-15(13,10-6-2-1-3-7-10)11-8-4-5-9-14-11/h1-3,6-7,11H,4-5,8-9,12-13H2. The maximum absolute atomic E-state index is 6.30. The van der Waals surface area contributed by atoms with Crippen LogP contribution in [0.3, 0.4) is 0 Å². The van der Waals surface area contributed by atoms with Crippen molar-refractivity contribution in [2.45, 2.75) is 25.0 Å². The van der Waals surface area contributed by atoms with Crippen LogP contribution in [0.1, 0.15) is 19.3 Å². The van der Waals surface area contributed by atoms with Crippen molar-refractivity contribution in [3.8, 4) is 0 Å². The zero-order valence-electron chi connectivity index (χ0n) is 8.86. The minimum atomic E-state index is -2.40. The first-order valence-corrected chi connectivity index (χ1v) is 7.69. The summed E-state index contributed by atoms with van der Waals surface area (Å²) in [5.74, 6) is 0. The monoisotopic (exact) mass is 222 g/mol. The fourth-order valence-corrected chi connectivity index (χ4v) is 4.25. The van der Waals surface area contributed by atoms with Crippen LogP contribution in [0.4, 0.5) is 0 Å². The first-order valence-electron chi connectivity index (χ1n) is 5.46. The maximum Gasteiger partial charge on any atom is 0.258 e. The smallest absolute Gasteiger partial charge is 0.258 e. The molecule has 15 heavy (non-hydrogen) atoms. The van der Waals surface area contributed by atoms with E-state index < -0.39 is 8.40 Å². The number of benzene rings is 1. The summed E-state index contributed by atoms with van der Waals surface area (Å²) in [7, 11) is -2.40. The lowest BCUT2D eigenvalue weighted by atomic mass is 10.2. The zero-order chi connectivity index (χ0) is 10.7. The molecule has 0 saturated carbocycles. The van der Waals surface area contributed by atoms with Crippen LogP contribution < -0.4 is 16.0 Å². The van der Waals surface area contributed by atoms with Gasteiger partial charge in [-0.1, -0.05) is 30.3 Å². The highest BCUT2D eigenvalue weighted by Crippen LogP contribution is 2.16. The van der Waals surface area contributed by atoms with Gasteiger partial charge in [-0.05, 0) is 24.4 Å². The Morgan fingerprint density at radius 2 is 1.87 bits per heavy atom. The molecule has 4 heteroatoms. The number of hydrogen-bond donors (Lipinski definition) is 2. The van der Waals surface area contributed by atoms with Gasteiger partial charge >= 0.3 is 0 Å². The lowest BCUT2D eigenvalue weighted by Crippen LogP contribution is -2.74. The highest BCUT2D eigenvalue weighted by Gasteiger charge is 2.38. The van der Waals surface area contributed by atoms with E-state index in [0.717, 1.165) is 24.6 Å². The second kappa shape index (κ2) is 4.45. The highest BCUT2D eigenvalue weighted by atomic mass is 28.3. The van der Waals surface area contributed by atoms with Crippen molar-refractivity contribution in [1.82, 2.24) is 0 Å². The second-order valence-corrected chi connectivity index (χ2v) is 7.24. The molecule has 3 nitrogen and oxygen atoms in total. The van der Waals surface area contributed by atoms with E-state index in [9.17, 15) is 0 Å². The van der Waals surface area contributed by atoms with Gasteiger partial charge in [-0.3, -0.25) is 0 Å². The van der Waals surface area contributed by atoms with Crippen LogP contribution in [0.5, 0.6) is 0 Å². The van der Waals surface area contributed by atoms with Crippen LogP contribution >= 0.6 is 0 Å². The van der Waals surface area contributed by atoms with Crippen molar-refractivity contribution >= 4 is 13.6 Å². The Hall–Kier alpha value is -0.683. The molecule has 2 rings (SSSR count). The summed E-state index contributed by atoms with van der Waals surface area (Å²) < 4.78 is 5.71. The Bertz CT molecular complexity index is 310. The van der Waals surface area contributed by atoms with Gasteiger partial charge in [0.1, 0.15) is 0 Å². The van der Waals surface area contributed by atoms with Crippen molar-refractivity contribution in [2.75, 3.05) is 6.61 Å². The first-order chi connectivity index (χ1) is 7.21. The lowest BCUT2D eigenvalue weighted by Gasteiger charge is -2.34. The van der Waals surface area contributed by atoms with E-state index in [1.54, 1.807) is 0 Å². The fourth-order valence-electron chi connectivity index (χ4n) is 2.03. The van der Waals surface area contributed by atoms with Gasteiger partial charge in [0.2, 0.25) is 0 Å². The third-order valence-corrected chi connectivity index (χ3v) is 5.84. The van der Waals surface area contributed by atoms with Crippen LogP contribution in [0.25, 0.3) is 0 Å². The van der Waals surface area contributed by atoms with E-state index in [2.05, 4.69) is 0 Å². The Labute approximate surface area is 91.6 Å². The minimum Gasteiger partial charge on any atom is -0.378 e. The van der Waals surface area contributed by atoms with Crippen molar-refractivity contribution in [3.63, 3.8) is 0 Å². The van der Waals surface area contributed by atoms with E-state index in [0.29, 0.717) is 0 Å². The molecule has 82 valence electrons. The molecular formula is C11H18N2OSi. The van der Waals surface area contributed by atoms with Crippen LogP contribution in [0.15, 0.2) is 30.3 Å². The van der Waals surface area contributed by atoms with Gasteiger partial charge in [-0.25, -0.2) is 0 Å². The summed E-state index contributed by atoms with van der Waals surface area (Å²) in [4.78, 5) is 0. The molecule has 0 aromatic heterocycles. The SMILES string of the molecule is N[Si](N)(c1ccccc1)C1CCCCO1. The van der Waals surface area contributed by atoms with Crippen molar-refractivity contribution < 1.29 is 4.74 Å². The molecule has 0 bridgehead atoms. The Morgan fingerprint density at radius 3 is 2.47 bits per heavy atom. The van der Waals surface area contributed by atoms with E-state index in [1.165, 1.54) is 6.42 Å². The molecule has 1 saturated heterocycles. The molecule has 1 heterocycles. The van der Waals surface area contributed by atoms with Gasteiger partial charge in [0.05, 0.1) is 5.73 Å². The van der Waals surface area contributed by atoms with Gasteiger partial charge in [0.15, 0.2) is 0 Å². The number of rotatable bonds is 2. The largest absolute Gasteiger partial charge is 0.378 e. The molecule has 1 aromatic rings. The van der Waals surface area contributed by atoms with Crippen LogP contribution in [0.2, 0.25) is 0 Å². The summed E-state index contributed by atoms with van der Waals surface area (Å²) in [6, 6.07) is 9.99. The molecule has 0 spiro atoms. The summed E-state index contributed by atoms with van der Waals surface area (Å²) >= 11 is 0. The maximum atomic E-state index is 6.30. The predicted molar refractivity (Wildman–Crippen MR) is 63.8 cm³/mol. The third kappa shape index (κ3) is 2.29. The zero-order valence-corrected chi connectivity index (χ0v) is 9.86. The number of hydrogen-bond acceptors (Lipinski definition) is 3. The molecule has 1 atom stereocenters. The molecule has 0 amide bonds. The Kier molecular flexibility index (Phi) is 3.21. The van der Waals surface area contributed by atoms with Crippen LogP contribution in [-0.2, 0) is 4.74 Å². The molecular weight excluding hydrogens is 204 g/mol. The minimum absolute atomic E-state index is 0.0775. The second-order valence-electron chi connectivity index (χ2n) is 4.15. The molecule has 1 aromatic carbocycles. The normalized spacial score (nSPS) is 22.7. The predicted octanol–water partition coefficient (Wildman–Crippen LogP) is 0.362. The topological polar surface area (TPSA) is 61.3 Å². The van der Waals surface area contributed by atoms with E-state index in [1.807, 2.05) is 30.3 Å². The Morgan fingerprint density at radius 1 is 1.13 bits per heavy atom. The van der Waals surface area contributed by atoms with Crippen molar-refractivity contribution in [2.24, 2.45) is 10.8 Å². The molecule has 1 aliphatic heterocycles. The summed E-state index contributed by atoms with van der Waals surface area (Å²) in [6.45, 7) is 0.806. The van der Waals surface area contributed by atoms with Crippen LogP contribution in [-0.4, -0.2) is 20.7 Å². The third-order valence-electron chi connectivity index (χ3n) is 2.99. The molecule has 0 aliphatic carbocycles. The average Bonchev–Trinajstić information content (AvgIpc) is 2.31. The van der Waals surface area contributed by atoms with Gasteiger partial charge in [-0.15, -0.1) is 0 Å².